The minimum Gasteiger partial charge on any atom is -0.435 e. The van der Waals surface area contributed by atoms with Crippen LogP contribution < -0.4 is 10.5 Å². The van der Waals surface area contributed by atoms with E-state index in [0.29, 0.717) is 29.5 Å². The molecule has 4 rings (SSSR count). The molecule has 2 N–H and O–H groups in total. The van der Waals surface area contributed by atoms with Crippen LogP contribution in [0.5, 0.6) is 5.75 Å². The lowest BCUT2D eigenvalue weighted by Crippen LogP contribution is -2.43. The van der Waals surface area contributed by atoms with E-state index >= 15 is 0 Å². The predicted molar refractivity (Wildman–Crippen MR) is 115 cm³/mol. The number of carbonyl (C=O) groups is 2. The second kappa shape index (κ2) is 9.18. The number of alkyl halides is 2. The molecule has 0 aliphatic heterocycles. The Bertz CT molecular complexity index is 1110. The van der Waals surface area contributed by atoms with Gasteiger partial charge in [0.15, 0.2) is 0 Å². The largest absolute Gasteiger partial charge is 0.435 e. The lowest BCUT2D eigenvalue weighted by molar-refractivity contribution is -0.123. The van der Waals surface area contributed by atoms with Crippen LogP contribution >= 0.6 is 0 Å². The third-order valence-corrected chi connectivity index (χ3v) is 5.64. The van der Waals surface area contributed by atoms with E-state index in [9.17, 15) is 18.4 Å². The fourth-order valence-corrected chi connectivity index (χ4v) is 4.29. The molecule has 0 fully saturated rings. The molecule has 7 heteroatoms. The number of hydrogen-bond donors (Lipinski definition) is 1. The Morgan fingerprint density at radius 3 is 2.25 bits per heavy atom. The second-order valence-corrected chi connectivity index (χ2v) is 7.59. The van der Waals surface area contributed by atoms with Gasteiger partial charge in [-0.1, -0.05) is 54.6 Å². The number of rotatable bonds is 7. The molecule has 0 bridgehead atoms. The number of amides is 2. The smallest absolute Gasteiger partial charge is 0.387 e. The first kappa shape index (κ1) is 21.5. The van der Waals surface area contributed by atoms with Crippen LogP contribution in [0.1, 0.15) is 45.6 Å². The molecule has 2 atom stereocenters. The van der Waals surface area contributed by atoms with Crippen LogP contribution in [0.25, 0.3) is 0 Å². The van der Waals surface area contributed by atoms with E-state index in [0.717, 1.165) is 5.56 Å². The lowest BCUT2D eigenvalue weighted by atomic mass is 9.98. The molecule has 3 aromatic carbocycles. The van der Waals surface area contributed by atoms with Crippen LogP contribution in [-0.4, -0.2) is 23.3 Å². The Balaban J connectivity index is 1.83. The molecule has 0 saturated carbocycles. The van der Waals surface area contributed by atoms with Crippen molar-refractivity contribution < 1.29 is 23.1 Å². The third-order valence-electron chi connectivity index (χ3n) is 5.64. The zero-order valence-electron chi connectivity index (χ0n) is 17.2. The van der Waals surface area contributed by atoms with Crippen molar-refractivity contribution in [1.82, 2.24) is 4.90 Å². The minimum absolute atomic E-state index is 0.00750. The fraction of sp³-hybridized carbons (Fsp3) is 0.200. The van der Waals surface area contributed by atoms with Gasteiger partial charge < -0.3 is 15.4 Å². The molecule has 0 spiro atoms. The molecule has 1 aliphatic carbocycles. The number of benzene rings is 3. The number of hydrogen-bond acceptors (Lipinski definition) is 3. The van der Waals surface area contributed by atoms with E-state index in [1.54, 1.807) is 60.7 Å². The van der Waals surface area contributed by atoms with E-state index in [-0.39, 0.29) is 11.7 Å². The van der Waals surface area contributed by atoms with Crippen LogP contribution in [0.2, 0.25) is 0 Å². The van der Waals surface area contributed by atoms with Gasteiger partial charge in [0.2, 0.25) is 5.91 Å². The van der Waals surface area contributed by atoms with Crippen LogP contribution in [-0.2, 0) is 11.2 Å². The molecule has 1 aliphatic rings. The van der Waals surface area contributed by atoms with Crippen molar-refractivity contribution in [3.63, 3.8) is 0 Å². The number of aryl methyl sites for hydroxylation is 1. The number of nitrogens with two attached hydrogens (primary N) is 1. The van der Waals surface area contributed by atoms with Gasteiger partial charge in [0.05, 0.1) is 6.04 Å². The number of carbonyl (C=O) groups excluding carboxylic acids is 2. The van der Waals surface area contributed by atoms with Gasteiger partial charge in [0.1, 0.15) is 11.8 Å². The quantitative estimate of drug-likeness (QED) is 0.586. The Morgan fingerprint density at radius 2 is 1.62 bits per heavy atom. The topological polar surface area (TPSA) is 72.6 Å². The standard InChI is InChI=1S/C25H22F2N2O3/c26-25(27)32-19-13-11-16-12-14-21(20(16)15-19)29(24(31)18-9-5-2-6-10-18)22(23(28)30)17-7-3-1-4-8-17/h1-11,13,15,21-22,25H,12,14H2,(H2,28,30)/t21-,22?/m1/s1. The predicted octanol–water partition coefficient (Wildman–Crippen LogP) is 4.64. The molecule has 2 amide bonds. The van der Waals surface area contributed by atoms with Crippen molar-refractivity contribution in [2.75, 3.05) is 0 Å². The summed E-state index contributed by atoms with van der Waals surface area (Å²) < 4.78 is 30.1. The van der Waals surface area contributed by atoms with E-state index in [4.69, 9.17) is 5.73 Å². The van der Waals surface area contributed by atoms with Crippen molar-refractivity contribution in [1.29, 1.82) is 0 Å². The van der Waals surface area contributed by atoms with Crippen molar-refractivity contribution in [3.8, 4) is 5.75 Å². The maximum atomic E-state index is 13.7. The average molecular weight is 436 g/mol. The summed E-state index contributed by atoms with van der Waals surface area (Å²) in [7, 11) is 0. The minimum atomic E-state index is -2.96. The fourth-order valence-electron chi connectivity index (χ4n) is 4.29. The van der Waals surface area contributed by atoms with Crippen LogP contribution in [0.4, 0.5) is 8.78 Å². The Morgan fingerprint density at radius 1 is 0.969 bits per heavy atom. The van der Waals surface area contributed by atoms with Gasteiger partial charge in [-0.15, -0.1) is 0 Å². The van der Waals surface area contributed by atoms with Gasteiger partial charge in [-0.3, -0.25) is 9.59 Å². The second-order valence-electron chi connectivity index (χ2n) is 7.59. The monoisotopic (exact) mass is 436 g/mol. The summed E-state index contributed by atoms with van der Waals surface area (Å²) in [5.41, 5.74) is 8.39. The maximum absolute atomic E-state index is 13.7. The highest BCUT2D eigenvalue weighted by Gasteiger charge is 2.39. The van der Waals surface area contributed by atoms with Gasteiger partial charge in [-0.05, 0) is 53.8 Å². The third kappa shape index (κ3) is 4.32. The van der Waals surface area contributed by atoms with Gasteiger partial charge in [-0.2, -0.15) is 8.78 Å². The number of halogens is 2. The van der Waals surface area contributed by atoms with Crippen molar-refractivity contribution in [2.24, 2.45) is 5.73 Å². The molecule has 1 unspecified atom stereocenters. The molecule has 0 saturated heterocycles. The molecular formula is C25H22F2N2O3. The van der Waals surface area contributed by atoms with Crippen molar-refractivity contribution in [2.45, 2.75) is 31.5 Å². The van der Waals surface area contributed by atoms with E-state index in [2.05, 4.69) is 4.74 Å². The van der Waals surface area contributed by atoms with Crippen LogP contribution in [0, 0.1) is 0 Å². The van der Waals surface area contributed by atoms with E-state index < -0.39 is 24.6 Å². The normalized spacial score (nSPS) is 15.8. The van der Waals surface area contributed by atoms with Crippen molar-refractivity contribution in [3.05, 3.63) is 101 Å². The van der Waals surface area contributed by atoms with E-state index in [1.807, 2.05) is 6.07 Å². The highest BCUT2D eigenvalue weighted by Crippen LogP contribution is 2.42. The summed E-state index contributed by atoms with van der Waals surface area (Å²) in [5.74, 6) is -1.03. The summed E-state index contributed by atoms with van der Waals surface area (Å²) in [6.45, 7) is -2.96. The molecule has 3 aromatic rings. The number of ether oxygens (including phenoxy) is 1. The molecule has 0 radical (unpaired) electrons. The van der Waals surface area contributed by atoms with Gasteiger partial charge >= 0.3 is 6.61 Å². The summed E-state index contributed by atoms with van der Waals surface area (Å²) in [6, 6.07) is 20.6. The van der Waals surface area contributed by atoms with Gasteiger partial charge in [0.25, 0.3) is 5.91 Å². The lowest BCUT2D eigenvalue weighted by Gasteiger charge is -2.36. The summed E-state index contributed by atoms with van der Waals surface area (Å²) in [6.07, 6.45) is 1.16. The number of fused-ring (bicyclic) bond motifs is 1. The first-order valence-corrected chi connectivity index (χ1v) is 10.3. The molecular weight excluding hydrogens is 414 g/mol. The van der Waals surface area contributed by atoms with Crippen LogP contribution in [0.15, 0.2) is 78.9 Å². The average Bonchev–Trinajstić information content (AvgIpc) is 3.20. The number of nitrogens with zero attached hydrogens (tertiary/aromatic N) is 1. The van der Waals surface area contributed by atoms with Crippen LogP contribution in [0.3, 0.4) is 0 Å². The maximum Gasteiger partial charge on any atom is 0.387 e. The summed E-state index contributed by atoms with van der Waals surface area (Å²) in [5, 5.41) is 0. The Labute approximate surface area is 184 Å². The molecule has 0 aromatic heterocycles. The van der Waals surface area contributed by atoms with Gasteiger partial charge in [0, 0.05) is 5.56 Å². The molecule has 0 heterocycles. The Kier molecular flexibility index (Phi) is 6.16. The number of primary amides is 1. The zero-order valence-corrected chi connectivity index (χ0v) is 17.2. The molecule has 164 valence electrons. The van der Waals surface area contributed by atoms with Gasteiger partial charge in [-0.25, -0.2) is 0 Å². The SMILES string of the molecule is NC(=O)C(c1ccccc1)N(C(=O)c1ccccc1)[C@@H]1CCc2ccc(OC(F)F)cc21. The molecule has 32 heavy (non-hydrogen) atoms. The van der Waals surface area contributed by atoms with E-state index in [1.165, 1.54) is 17.0 Å². The molecule has 5 nitrogen and oxygen atoms in total. The Hall–Kier alpha value is -3.74. The summed E-state index contributed by atoms with van der Waals surface area (Å²) in [4.78, 5) is 27.8. The first-order chi connectivity index (χ1) is 15.5. The summed E-state index contributed by atoms with van der Waals surface area (Å²) >= 11 is 0. The van der Waals surface area contributed by atoms with Crippen molar-refractivity contribution >= 4 is 11.8 Å². The zero-order chi connectivity index (χ0) is 22.7. The first-order valence-electron chi connectivity index (χ1n) is 10.3. The highest BCUT2D eigenvalue weighted by atomic mass is 19.3. The highest BCUT2D eigenvalue weighted by molar-refractivity contribution is 5.98.